The molecule has 0 amide bonds. The zero-order chi connectivity index (χ0) is 15.3. The lowest BCUT2D eigenvalue weighted by atomic mass is 10.3. The minimum Gasteiger partial charge on any atom is -0.490 e. The second kappa shape index (κ2) is 7.11. The number of anilines is 1. The number of hydrogen-bond donors (Lipinski definition) is 1. The maximum absolute atomic E-state index is 12.3. The second-order valence-electron chi connectivity index (χ2n) is 5.10. The van der Waals surface area contributed by atoms with Gasteiger partial charge in [0.15, 0.2) is 0 Å². The molecule has 0 aromatic heterocycles. The molecule has 6 nitrogen and oxygen atoms in total. The summed E-state index contributed by atoms with van der Waals surface area (Å²) in [4.78, 5) is 0. The molecule has 0 saturated carbocycles. The van der Waals surface area contributed by atoms with E-state index in [2.05, 4.69) is 0 Å². The van der Waals surface area contributed by atoms with Crippen LogP contribution in [0.1, 0.15) is 13.3 Å². The van der Waals surface area contributed by atoms with E-state index in [9.17, 15) is 8.42 Å². The van der Waals surface area contributed by atoms with Crippen LogP contribution in [0.25, 0.3) is 0 Å². The van der Waals surface area contributed by atoms with Crippen LogP contribution in [-0.4, -0.2) is 50.9 Å². The van der Waals surface area contributed by atoms with Crippen molar-refractivity contribution in [3.8, 4) is 5.75 Å². The van der Waals surface area contributed by atoms with Gasteiger partial charge in [0.05, 0.1) is 17.5 Å². The Hall–Kier alpha value is -1.31. The van der Waals surface area contributed by atoms with E-state index in [0.29, 0.717) is 31.1 Å². The molecule has 1 aliphatic rings. The number of nitrogen functional groups attached to an aromatic ring is 1. The number of sulfonamides is 1. The Morgan fingerprint density at radius 3 is 2.95 bits per heavy atom. The highest BCUT2D eigenvalue weighted by atomic mass is 32.2. The van der Waals surface area contributed by atoms with E-state index in [4.69, 9.17) is 15.2 Å². The van der Waals surface area contributed by atoms with E-state index in [1.54, 1.807) is 24.3 Å². The molecular weight excluding hydrogens is 292 g/mol. The molecule has 1 fully saturated rings. The number of para-hydroxylation sites is 2. The van der Waals surface area contributed by atoms with Gasteiger partial charge in [-0.1, -0.05) is 12.1 Å². The van der Waals surface area contributed by atoms with Crippen LogP contribution in [0.4, 0.5) is 5.69 Å². The Labute approximate surface area is 125 Å². The van der Waals surface area contributed by atoms with Crippen LogP contribution in [0, 0.1) is 0 Å². The summed E-state index contributed by atoms with van der Waals surface area (Å²) >= 11 is 0. The fraction of sp³-hybridized carbons (Fsp3) is 0.571. The van der Waals surface area contributed by atoms with Gasteiger partial charge in [-0.15, -0.1) is 0 Å². The van der Waals surface area contributed by atoms with Gasteiger partial charge in [0.2, 0.25) is 10.0 Å². The van der Waals surface area contributed by atoms with Crippen LogP contribution in [0.5, 0.6) is 5.75 Å². The summed E-state index contributed by atoms with van der Waals surface area (Å²) in [6.07, 6.45) is 0.642. The lowest BCUT2D eigenvalue weighted by Crippen LogP contribution is -2.38. The Morgan fingerprint density at radius 2 is 2.19 bits per heavy atom. The first kappa shape index (κ1) is 16.1. The van der Waals surface area contributed by atoms with Gasteiger partial charge in [-0.2, -0.15) is 4.31 Å². The predicted molar refractivity (Wildman–Crippen MR) is 81.7 cm³/mol. The molecule has 1 aromatic carbocycles. The monoisotopic (exact) mass is 314 g/mol. The minimum atomic E-state index is -3.34. The number of nitrogens with zero attached hydrogens (tertiary/aromatic N) is 1. The van der Waals surface area contributed by atoms with E-state index in [1.807, 2.05) is 6.92 Å². The van der Waals surface area contributed by atoms with E-state index >= 15 is 0 Å². The summed E-state index contributed by atoms with van der Waals surface area (Å²) in [7, 11) is -3.34. The van der Waals surface area contributed by atoms with Gasteiger partial charge in [-0.05, 0) is 25.5 Å². The lowest BCUT2D eigenvalue weighted by molar-refractivity contribution is 0.0751. The van der Waals surface area contributed by atoms with Crippen LogP contribution in [0.3, 0.4) is 0 Å². The van der Waals surface area contributed by atoms with Gasteiger partial charge in [-0.25, -0.2) is 8.42 Å². The molecule has 1 atom stereocenters. The third-order valence-electron chi connectivity index (χ3n) is 3.33. The molecule has 0 radical (unpaired) electrons. The molecule has 0 spiro atoms. The molecule has 7 heteroatoms. The van der Waals surface area contributed by atoms with Gasteiger partial charge < -0.3 is 15.2 Å². The topological polar surface area (TPSA) is 81.9 Å². The first-order valence-corrected chi connectivity index (χ1v) is 8.67. The fourth-order valence-corrected chi connectivity index (χ4v) is 3.60. The van der Waals surface area contributed by atoms with Crippen molar-refractivity contribution < 1.29 is 17.9 Å². The van der Waals surface area contributed by atoms with Crippen molar-refractivity contribution in [2.24, 2.45) is 0 Å². The van der Waals surface area contributed by atoms with Crippen molar-refractivity contribution in [3.05, 3.63) is 24.3 Å². The highest BCUT2D eigenvalue weighted by Gasteiger charge is 2.26. The predicted octanol–water partition coefficient (Wildman–Crippen LogP) is 1.09. The number of benzene rings is 1. The second-order valence-corrected chi connectivity index (χ2v) is 7.18. The molecule has 2 rings (SSSR count). The van der Waals surface area contributed by atoms with Gasteiger partial charge in [0, 0.05) is 19.7 Å². The molecule has 1 heterocycles. The maximum Gasteiger partial charge on any atom is 0.217 e. The first-order chi connectivity index (χ1) is 9.99. The number of hydrogen-bond acceptors (Lipinski definition) is 5. The lowest BCUT2D eigenvalue weighted by Gasteiger charge is -2.21. The third kappa shape index (κ3) is 4.59. The zero-order valence-corrected chi connectivity index (χ0v) is 13.0. The Kier molecular flexibility index (Phi) is 5.44. The highest BCUT2D eigenvalue weighted by Crippen LogP contribution is 2.20. The van der Waals surface area contributed by atoms with Crippen molar-refractivity contribution in [1.82, 2.24) is 4.31 Å². The summed E-state index contributed by atoms with van der Waals surface area (Å²) < 4.78 is 37.0. The van der Waals surface area contributed by atoms with Crippen molar-refractivity contribution >= 4 is 15.7 Å². The first-order valence-electron chi connectivity index (χ1n) is 7.06. The minimum absolute atomic E-state index is 0.0615. The van der Waals surface area contributed by atoms with Crippen molar-refractivity contribution in [2.75, 3.05) is 37.8 Å². The van der Waals surface area contributed by atoms with E-state index in [-0.39, 0.29) is 18.5 Å². The molecule has 1 aromatic rings. The van der Waals surface area contributed by atoms with Gasteiger partial charge in [0.25, 0.3) is 0 Å². The molecule has 118 valence electrons. The van der Waals surface area contributed by atoms with Crippen LogP contribution in [0.2, 0.25) is 0 Å². The molecular formula is C14H22N2O4S. The Bertz CT molecular complexity index is 562. The van der Waals surface area contributed by atoms with Gasteiger partial charge in [-0.3, -0.25) is 0 Å². The highest BCUT2D eigenvalue weighted by molar-refractivity contribution is 7.89. The van der Waals surface area contributed by atoms with E-state index in [0.717, 1.165) is 6.42 Å². The maximum atomic E-state index is 12.3. The fourth-order valence-electron chi connectivity index (χ4n) is 2.21. The van der Waals surface area contributed by atoms with Crippen LogP contribution >= 0.6 is 0 Å². The molecule has 21 heavy (non-hydrogen) atoms. The molecule has 0 aliphatic carbocycles. The summed E-state index contributed by atoms with van der Waals surface area (Å²) in [5.74, 6) is 0.453. The van der Waals surface area contributed by atoms with Gasteiger partial charge >= 0.3 is 0 Å². The third-order valence-corrected chi connectivity index (χ3v) is 5.13. The molecule has 1 saturated heterocycles. The standard InChI is InChI=1S/C14H22N2O4S/c1-12-11-16(7-4-8-19-12)21(17,18)10-9-20-14-6-3-2-5-13(14)15/h2-3,5-6,12H,4,7-11,15H2,1H3. The Balaban J connectivity index is 1.90. The molecule has 2 N–H and O–H groups in total. The van der Waals surface area contributed by atoms with Crippen LogP contribution in [-0.2, 0) is 14.8 Å². The zero-order valence-electron chi connectivity index (χ0n) is 12.2. The average molecular weight is 314 g/mol. The summed E-state index contributed by atoms with van der Waals surface area (Å²) in [6, 6.07) is 7.05. The van der Waals surface area contributed by atoms with Crippen molar-refractivity contribution in [3.63, 3.8) is 0 Å². The van der Waals surface area contributed by atoms with Gasteiger partial charge in [0.1, 0.15) is 12.4 Å². The Morgan fingerprint density at radius 1 is 1.43 bits per heavy atom. The summed E-state index contributed by atoms with van der Waals surface area (Å²) in [5.41, 5.74) is 6.26. The average Bonchev–Trinajstić information content (AvgIpc) is 2.66. The quantitative estimate of drug-likeness (QED) is 0.823. The number of ether oxygens (including phenoxy) is 2. The largest absolute Gasteiger partial charge is 0.490 e. The molecule has 0 bridgehead atoms. The smallest absolute Gasteiger partial charge is 0.217 e. The van der Waals surface area contributed by atoms with Crippen LogP contribution < -0.4 is 10.5 Å². The van der Waals surface area contributed by atoms with Crippen molar-refractivity contribution in [1.29, 1.82) is 0 Å². The SMILES string of the molecule is CC1CN(S(=O)(=O)CCOc2ccccc2N)CCCO1. The molecule has 1 unspecified atom stereocenters. The summed E-state index contributed by atoms with van der Waals surface area (Å²) in [6.45, 7) is 3.47. The number of nitrogens with two attached hydrogens (primary N) is 1. The van der Waals surface area contributed by atoms with E-state index in [1.165, 1.54) is 4.31 Å². The number of rotatable bonds is 5. The molecule has 1 aliphatic heterocycles. The summed E-state index contributed by atoms with van der Waals surface area (Å²) in [5, 5.41) is 0. The van der Waals surface area contributed by atoms with E-state index < -0.39 is 10.0 Å². The normalized spacial score (nSPS) is 20.9. The van der Waals surface area contributed by atoms with Crippen molar-refractivity contribution in [2.45, 2.75) is 19.4 Å². The van der Waals surface area contributed by atoms with Crippen LogP contribution in [0.15, 0.2) is 24.3 Å².